The number of benzene rings is 1. The van der Waals surface area contributed by atoms with Crippen LogP contribution in [0.1, 0.15) is 25.7 Å². The third kappa shape index (κ3) is 2.98. The van der Waals surface area contributed by atoms with Crippen LogP contribution in [-0.2, 0) is 0 Å². The molecule has 0 spiro atoms. The SMILES string of the molecule is CN(c1ccc(Cl)cc1[N+](=O)[O-])C1CCCCC1O. The number of hydrogen-bond acceptors (Lipinski definition) is 4. The monoisotopic (exact) mass is 284 g/mol. The van der Waals surface area contributed by atoms with Crippen LogP contribution in [0.15, 0.2) is 18.2 Å². The minimum atomic E-state index is -0.438. The van der Waals surface area contributed by atoms with Gasteiger partial charge >= 0.3 is 0 Å². The van der Waals surface area contributed by atoms with Gasteiger partial charge in [0.2, 0.25) is 0 Å². The maximum Gasteiger partial charge on any atom is 0.294 e. The first-order valence-corrected chi connectivity index (χ1v) is 6.73. The van der Waals surface area contributed by atoms with Crippen molar-refractivity contribution in [1.82, 2.24) is 0 Å². The number of nitrogens with zero attached hydrogens (tertiary/aromatic N) is 2. The lowest BCUT2D eigenvalue weighted by Gasteiger charge is -2.36. The molecule has 5 nitrogen and oxygen atoms in total. The number of halogens is 1. The fourth-order valence-electron chi connectivity index (χ4n) is 2.66. The molecule has 1 aromatic rings. The van der Waals surface area contributed by atoms with E-state index in [0.29, 0.717) is 10.7 Å². The van der Waals surface area contributed by atoms with E-state index < -0.39 is 11.0 Å². The fourth-order valence-corrected chi connectivity index (χ4v) is 2.83. The Balaban J connectivity index is 2.32. The standard InChI is InChI=1S/C13H17ClN2O3/c1-15(11-4-2-3-5-13(11)17)10-7-6-9(14)8-12(10)16(18)19/h6-8,11,13,17H,2-5H2,1H3. The first kappa shape index (κ1) is 14.1. The second kappa shape index (κ2) is 5.75. The van der Waals surface area contributed by atoms with Crippen molar-refractivity contribution in [3.63, 3.8) is 0 Å². The summed E-state index contributed by atoms with van der Waals surface area (Å²) in [6.45, 7) is 0. The lowest BCUT2D eigenvalue weighted by Crippen LogP contribution is -2.43. The summed E-state index contributed by atoms with van der Waals surface area (Å²) >= 11 is 5.81. The molecule has 6 heteroatoms. The van der Waals surface area contributed by atoms with Gasteiger partial charge in [-0.25, -0.2) is 0 Å². The smallest absolute Gasteiger partial charge is 0.294 e. The molecule has 0 saturated heterocycles. The summed E-state index contributed by atoms with van der Waals surface area (Å²) in [4.78, 5) is 12.5. The van der Waals surface area contributed by atoms with Crippen LogP contribution in [0.3, 0.4) is 0 Å². The molecule has 1 aromatic carbocycles. The molecule has 1 fully saturated rings. The van der Waals surface area contributed by atoms with E-state index in [0.717, 1.165) is 25.7 Å². The number of anilines is 1. The highest BCUT2D eigenvalue weighted by atomic mass is 35.5. The van der Waals surface area contributed by atoms with Crippen molar-refractivity contribution >= 4 is 23.0 Å². The van der Waals surface area contributed by atoms with Gasteiger partial charge in [0.25, 0.3) is 5.69 Å². The Kier molecular flexibility index (Phi) is 4.27. The summed E-state index contributed by atoms with van der Waals surface area (Å²) in [6, 6.07) is 4.55. The Morgan fingerprint density at radius 1 is 1.42 bits per heavy atom. The van der Waals surface area contributed by atoms with Gasteiger partial charge in [-0.1, -0.05) is 24.4 Å². The number of hydrogen-bond donors (Lipinski definition) is 1. The van der Waals surface area contributed by atoms with Crippen LogP contribution >= 0.6 is 11.6 Å². The van der Waals surface area contributed by atoms with Gasteiger partial charge in [0.1, 0.15) is 5.69 Å². The highest BCUT2D eigenvalue weighted by molar-refractivity contribution is 6.30. The summed E-state index contributed by atoms with van der Waals surface area (Å²) in [5.74, 6) is 0. The molecule has 1 aliphatic rings. The summed E-state index contributed by atoms with van der Waals surface area (Å²) in [6.07, 6.45) is 3.20. The Labute approximate surface area is 116 Å². The molecule has 0 heterocycles. The van der Waals surface area contributed by atoms with Crippen LogP contribution < -0.4 is 4.90 Å². The van der Waals surface area contributed by atoms with Crippen molar-refractivity contribution < 1.29 is 10.0 Å². The van der Waals surface area contributed by atoms with Gasteiger partial charge in [-0.05, 0) is 25.0 Å². The lowest BCUT2D eigenvalue weighted by molar-refractivity contribution is -0.384. The quantitative estimate of drug-likeness (QED) is 0.684. The van der Waals surface area contributed by atoms with E-state index in [-0.39, 0.29) is 11.7 Å². The molecule has 2 rings (SSSR count). The zero-order valence-corrected chi connectivity index (χ0v) is 11.5. The molecule has 2 unspecified atom stereocenters. The molecule has 104 valence electrons. The van der Waals surface area contributed by atoms with Crippen LogP contribution in [-0.4, -0.2) is 29.2 Å². The summed E-state index contributed by atoms with van der Waals surface area (Å²) in [5.41, 5.74) is 0.480. The van der Waals surface area contributed by atoms with Crippen LogP contribution in [0.5, 0.6) is 0 Å². The predicted molar refractivity (Wildman–Crippen MR) is 74.8 cm³/mol. The highest BCUT2D eigenvalue weighted by Gasteiger charge is 2.30. The van der Waals surface area contributed by atoms with Gasteiger partial charge in [0, 0.05) is 18.1 Å². The highest BCUT2D eigenvalue weighted by Crippen LogP contribution is 2.34. The Bertz CT molecular complexity index is 481. The predicted octanol–water partition coefficient (Wildman–Crippen LogP) is 2.99. The van der Waals surface area contributed by atoms with Gasteiger partial charge in [-0.3, -0.25) is 10.1 Å². The van der Waals surface area contributed by atoms with Crippen molar-refractivity contribution in [3.8, 4) is 0 Å². The van der Waals surface area contributed by atoms with E-state index in [1.807, 2.05) is 0 Å². The van der Waals surface area contributed by atoms with E-state index in [1.54, 1.807) is 24.1 Å². The molecule has 0 aliphatic heterocycles. The maximum absolute atomic E-state index is 11.1. The minimum absolute atomic E-state index is 0.0206. The van der Waals surface area contributed by atoms with Crippen molar-refractivity contribution in [2.24, 2.45) is 0 Å². The van der Waals surface area contributed by atoms with Gasteiger partial charge in [-0.2, -0.15) is 0 Å². The van der Waals surface area contributed by atoms with Crippen LogP contribution in [0.2, 0.25) is 5.02 Å². The Morgan fingerprint density at radius 2 is 2.11 bits per heavy atom. The average Bonchev–Trinajstić information content (AvgIpc) is 2.38. The first-order chi connectivity index (χ1) is 9.00. The number of rotatable bonds is 3. The van der Waals surface area contributed by atoms with Gasteiger partial charge in [0.15, 0.2) is 0 Å². The molecule has 1 aliphatic carbocycles. The van der Waals surface area contributed by atoms with Gasteiger partial charge in [-0.15, -0.1) is 0 Å². The van der Waals surface area contributed by atoms with E-state index in [9.17, 15) is 15.2 Å². The zero-order chi connectivity index (χ0) is 14.0. The van der Waals surface area contributed by atoms with Gasteiger partial charge in [0.05, 0.1) is 17.1 Å². The number of likely N-dealkylation sites (N-methyl/N-ethyl adjacent to an activating group) is 1. The van der Waals surface area contributed by atoms with E-state index in [2.05, 4.69) is 0 Å². The number of aliphatic hydroxyl groups excluding tert-OH is 1. The summed E-state index contributed by atoms with van der Waals surface area (Å²) in [5, 5.41) is 21.5. The molecule has 19 heavy (non-hydrogen) atoms. The normalized spacial score (nSPS) is 23.1. The summed E-state index contributed by atoms with van der Waals surface area (Å²) < 4.78 is 0. The number of nitro benzene ring substituents is 1. The Morgan fingerprint density at radius 3 is 2.74 bits per heavy atom. The summed E-state index contributed by atoms with van der Waals surface area (Å²) in [7, 11) is 1.79. The largest absolute Gasteiger partial charge is 0.391 e. The van der Waals surface area contributed by atoms with Crippen LogP contribution in [0.4, 0.5) is 11.4 Å². The van der Waals surface area contributed by atoms with Crippen molar-refractivity contribution in [2.45, 2.75) is 37.8 Å². The molecule has 0 amide bonds. The third-order valence-corrected chi connectivity index (χ3v) is 3.94. The molecule has 0 bridgehead atoms. The Hall–Kier alpha value is -1.33. The van der Waals surface area contributed by atoms with E-state index in [4.69, 9.17) is 11.6 Å². The molecular weight excluding hydrogens is 268 g/mol. The molecule has 0 radical (unpaired) electrons. The topological polar surface area (TPSA) is 66.6 Å². The van der Waals surface area contributed by atoms with Crippen LogP contribution in [0, 0.1) is 10.1 Å². The zero-order valence-electron chi connectivity index (χ0n) is 10.8. The molecule has 1 N–H and O–H groups in total. The van der Waals surface area contributed by atoms with E-state index in [1.165, 1.54) is 6.07 Å². The maximum atomic E-state index is 11.1. The number of nitro groups is 1. The average molecular weight is 285 g/mol. The van der Waals surface area contributed by atoms with E-state index >= 15 is 0 Å². The fraction of sp³-hybridized carbons (Fsp3) is 0.538. The second-order valence-electron chi connectivity index (χ2n) is 4.92. The van der Waals surface area contributed by atoms with Crippen molar-refractivity contribution in [3.05, 3.63) is 33.3 Å². The molecule has 0 aromatic heterocycles. The first-order valence-electron chi connectivity index (χ1n) is 6.35. The third-order valence-electron chi connectivity index (χ3n) is 3.71. The second-order valence-corrected chi connectivity index (χ2v) is 5.36. The lowest BCUT2D eigenvalue weighted by atomic mass is 9.91. The molecular formula is C13H17ClN2O3. The number of aliphatic hydroxyl groups is 1. The molecule has 1 saturated carbocycles. The van der Waals surface area contributed by atoms with Gasteiger partial charge < -0.3 is 10.0 Å². The minimum Gasteiger partial charge on any atom is -0.391 e. The van der Waals surface area contributed by atoms with Crippen LogP contribution in [0.25, 0.3) is 0 Å². The van der Waals surface area contributed by atoms with Crippen molar-refractivity contribution in [1.29, 1.82) is 0 Å². The van der Waals surface area contributed by atoms with Crippen molar-refractivity contribution in [2.75, 3.05) is 11.9 Å². The molecule has 2 atom stereocenters.